The second-order valence-electron chi connectivity index (χ2n) is 5.95. The minimum atomic E-state index is 0.0772. The molecule has 116 valence electrons. The van der Waals surface area contributed by atoms with Crippen molar-refractivity contribution in [1.29, 1.82) is 0 Å². The summed E-state index contributed by atoms with van der Waals surface area (Å²) in [5.41, 5.74) is 1.04. The van der Waals surface area contributed by atoms with Gasteiger partial charge in [-0.2, -0.15) is 0 Å². The molecule has 0 bridgehead atoms. The van der Waals surface area contributed by atoms with Crippen LogP contribution in [0.25, 0.3) is 10.2 Å². The van der Waals surface area contributed by atoms with Gasteiger partial charge < -0.3 is 15.0 Å². The second-order valence-corrected chi connectivity index (χ2v) is 6.96. The van der Waals surface area contributed by atoms with E-state index in [0.29, 0.717) is 6.54 Å². The molecule has 22 heavy (non-hydrogen) atoms. The predicted octanol–water partition coefficient (Wildman–Crippen LogP) is 2.03. The molecule has 2 saturated heterocycles. The number of hydrogen-bond donors (Lipinski definition) is 1. The van der Waals surface area contributed by atoms with Gasteiger partial charge in [0.25, 0.3) is 0 Å². The van der Waals surface area contributed by atoms with Crippen LogP contribution in [-0.4, -0.2) is 43.2 Å². The molecule has 1 aromatic heterocycles. The van der Waals surface area contributed by atoms with E-state index in [4.69, 9.17) is 4.74 Å². The first-order valence-corrected chi connectivity index (χ1v) is 8.61. The van der Waals surface area contributed by atoms with Crippen molar-refractivity contribution < 1.29 is 9.53 Å². The highest BCUT2D eigenvalue weighted by atomic mass is 32.1. The van der Waals surface area contributed by atoms with Gasteiger partial charge in [-0.25, -0.2) is 4.98 Å². The van der Waals surface area contributed by atoms with Crippen LogP contribution in [0, 0.1) is 5.92 Å². The topological polar surface area (TPSA) is 54.5 Å². The Morgan fingerprint density at radius 2 is 2.27 bits per heavy atom. The Hall–Kier alpha value is -1.66. The van der Waals surface area contributed by atoms with Crippen LogP contribution < -0.4 is 10.2 Å². The summed E-state index contributed by atoms with van der Waals surface area (Å²) in [6, 6.07) is 8.15. The number of nitrogens with zero attached hydrogens (tertiary/aromatic N) is 2. The number of fused-ring (bicyclic) bond motifs is 1. The van der Waals surface area contributed by atoms with E-state index in [1.807, 2.05) is 18.2 Å². The molecule has 1 aromatic carbocycles. The number of aromatic nitrogens is 1. The lowest BCUT2D eigenvalue weighted by atomic mass is 10.00. The number of amides is 1. The standard InChI is InChI=1S/C16H19N3O2S/c20-15(17-8-12-4-3-7-21-12)11-9-19(10-11)16-18-13-5-1-2-6-14(13)22-16/h1-2,5-6,11-12H,3-4,7-10H2,(H,17,20). The maximum Gasteiger partial charge on any atom is 0.226 e. The average molecular weight is 317 g/mol. The maximum absolute atomic E-state index is 12.1. The number of ether oxygens (including phenoxy) is 1. The summed E-state index contributed by atoms with van der Waals surface area (Å²) in [6.07, 6.45) is 2.38. The van der Waals surface area contributed by atoms with Crippen molar-refractivity contribution in [3.05, 3.63) is 24.3 Å². The van der Waals surface area contributed by atoms with Crippen LogP contribution in [0.3, 0.4) is 0 Å². The average Bonchev–Trinajstić information content (AvgIpc) is 3.12. The summed E-state index contributed by atoms with van der Waals surface area (Å²) in [5, 5.41) is 4.04. The van der Waals surface area contributed by atoms with Gasteiger partial charge in [0.05, 0.1) is 22.2 Å². The zero-order valence-corrected chi connectivity index (χ0v) is 13.1. The molecule has 0 aliphatic carbocycles. The van der Waals surface area contributed by atoms with Crippen molar-refractivity contribution in [3.63, 3.8) is 0 Å². The van der Waals surface area contributed by atoms with Crippen LogP contribution in [0.15, 0.2) is 24.3 Å². The Bertz CT molecular complexity index is 642. The Balaban J connectivity index is 1.30. The second kappa shape index (κ2) is 5.85. The van der Waals surface area contributed by atoms with Gasteiger partial charge >= 0.3 is 0 Å². The normalized spacial score (nSPS) is 22.0. The molecule has 0 saturated carbocycles. The highest BCUT2D eigenvalue weighted by Gasteiger charge is 2.34. The van der Waals surface area contributed by atoms with Crippen molar-refractivity contribution in [2.24, 2.45) is 5.92 Å². The van der Waals surface area contributed by atoms with Gasteiger partial charge in [-0.3, -0.25) is 4.79 Å². The third-order valence-electron chi connectivity index (χ3n) is 4.33. The van der Waals surface area contributed by atoms with E-state index < -0.39 is 0 Å². The minimum absolute atomic E-state index is 0.0772. The Morgan fingerprint density at radius 1 is 1.41 bits per heavy atom. The van der Waals surface area contributed by atoms with E-state index in [1.165, 1.54) is 4.70 Å². The number of para-hydroxylation sites is 1. The number of carbonyl (C=O) groups is 1. The third-order valence-corrected chi connectivity index (χ3v) is 5.43. The smallest absolute Gasteiger partial charge is 0.226 e. The SMILES string of the molecule is O=C(NCC1CCCO1)C1CN(c2nc3ccccc3s2)C1. The van der Waals surface area contributed by atoms with Gasteiger partial charge in [-0.1, -0.05) is 23.5 Å². The summed E-state index contributed by atoms with van der Waals surface area (Å²) >= 11 is 1.69. The Kier molecular flexibility index (Phi) is 3.72. The lowest BCUT2D eigenvalue weighted by Crippen LogP contribution is -2.54. The van der Waals surface area contributed by atoms with Crippen molar-refractivity contribution in [2.45, 2.75) is 18.9 Å². The molecular weight excluding hydrogens is 298 g/mol. The molecule has 4 rings (SSSR count). The van der Waals surface area contributed by atoms with Gasteiger partial charge in [0.15, 0.2) is 5.13 Å². The molecular formula is C16H19N3O2S. The van der Waals surface area contributed by atoms with E-state index in [-0.39, 0.29) is 17.9 Å². The molecule has 5 nitrogen and oxygen atoms in total. The molecule has 2 aliphatic rings. The van der Waals surface area contributed by atoms with E-state index in [2.05, 4.69) is 21.3 Å². The van der Waals surface area contributed by atoms with Crippen molar-refractivity contribution in [2.75, 3.05) is 31.1 Å². The van der Waals surface area contributed by atoms with Crippen molar-refractivity contribution >= 4 is 32.6 Å². The quantitative estimate of drug-likeness (QED) is 0.937. The maximum atomic E-state index is 12.1. The fraction of sp³-hybridized carbons (Fsp3) is 0.500. The molecule has 3 heterocycles. The van der Waals surface area contributed by atoms with Crippen molar-refractivity contribution in [3.8, 4) is 0 Å². The number of benzene rings is 1. The largest absolute Gasteiger partial charge is 0.376 e. The molecule has 0 radical (unpaired) electrons. The summed E-state index contributed by atoms with van der Waals surface area (Å²) in [4.78, 5) is 18.9. The molecule has 1 amide bonds. The number of thiazole rings is 1. The number of anilines is 1. The summed E-state index contributed by atoms with van der Waals surface area (Å²) in [7, 11) is 0. The van der Waals surface area contributed by atoms with Crippen LogP contribution in [0.1, 0.15) is 12.8 Å². The van der Waals surface area contributed by atoms with Crippen LogP contribution in [0.5, 0.6) is 0 Å². The van der Waals surface area contributed by atoms with Crippen LogP contribution in [0.2, 0.25) is 0 Å². The highest BCUT2D eigenvalue weighted by molar-refractivity contribution is 7.22. The minimum Gasteiger partial charge on any atom is -0.376 e. The fourth-order valence-corrected chi connectivity index (χ4v) is 3.94. The molecule has 1 unspecified atom stereocenters. The van der Waals surface area contributed by atoms with Crippen molar-refractivity contribution in [1.82, 2.24) is 10.3 Å². The number of carbonyl (C=O) groups excluding carboxylic acids is 1. The zero-order chi connectivity index (χ0) is 14.9. The molecule has 2 fully saturated rings. The van der Waals surface area contributed by atoms with Crippen LogP contribution in [0.4, 0.5) is 5.13 Å². The molecule has 6 heteroatoms. The predicted molar refractivity (Wildman–Crippen MR) is 87.3 cm³/mol. The van der Waals surface area contributed by atoms with E-state index in [1.54, 1.807) is 11.3 Å². The number of hydrogen-bond acceptors (Lipinski definition) is 5. The summed E-state index contributed by atoms with van der Waals surface area (Å²) in [5.74, 6) is 0.223. The van der Waals surface area contributed by atoms with E-state index >= 15 is 0 Å². The molecule has 1 N–H and O–H groups in total. The lowest BCUT2D eigenvalue weighted by molar-refractivity contribution is -0.126. The molecule has 2 aromatic rings. The first kappa shape index (κ1) is 14.0. The Morgan fingerprint density at radius 3 is 3.05 bits per heavy atom. The third kappa shape index (κ3) is 2.68. The van der Waals surface area contributed by atoms with Gasteiger partial charge in [-0.05, 0) is 25.0 Å². The van der Waals surface area contributed by atoms with Gasteiger partial charge in [-0.15, -0.1) is 0 Å². The van der Waals surface area contributed by atoms with Gasteiger partial charge in [0.1, 0.15) is 0 Å². The summed E-state index contributed by atoms with van der Waals surface area (Å²) in [6.45, 7) is 3.00. The fourth-order valence-electron chi connectivity index (χ4n) is 2.96. The first-order valence-electron chi connectivity index (χ1n) is 7.79. The molecule has 0 spiro atoms. The zero-order valence-electron chi connectivity index (χ0n) is 12.3. The molecule has 2 aliphatic heterocycles. The summed E-state index contributed by atoms with van der Waals surface area (Å²) < 4.78 is 6.72. The van der Waals surface area contributed by atoms with Gasteiger partial charge in [0.2, 0.25) is 5.91 Å². The van der Waals surface area contributed by atoms with Crippen LogP contribution >= 0.6 is 11.3 Å². The van der Waals surface area contributed by atoms with Gasteiger partial charge in [0, 0.05) is 26.2 Å². The first-order chi connectivity index (χ1) is 10.8. The lowest BCUT2D eigenvalue weighted by Gasteiger charge is -2.38. The highest BCUT2D eigenvalue weighted by Crippen LogP contribution is 2.32. The van der Waals surface area contributed by atoms with E-state index in [9.17, 15) is 4.79 Å². The monoisotopic (exact) mass is 317 g/mol. The van der Waals surface area contributed by atoms with E-state index in [0.717, 1.165) is 43.2 Å². The Labute approximate surface area is 133 Å². The number of rotatable bonds is 4. The molecule has 1 atom stereocenters. The van der Waals surface area contributed by atoms with Crippen LogP contribution in [-0.2, 0) is 9.53 Å². The number of nitrogens with one attached hydrogen (secondary N) is 1.